The standard InChI is InChI=1S/C18H24N2/c1-15-12-17(2,16-8-5-4-6-9-16)14-18(3,13-15)20-11-7-10-19-20/h4-6,8-10,12H,7,11,13-14H2,1-3H3. The number of hydrazone groups is 1. The van der Waals surface area contributed by atoms with Gasteiger partial charge < -0.3 is 0 Å². The van der Waals surface area contributed by atoms with E-state index in [0.717, 1.165) is 25.8 Å². The van der Waals surface area contributed by atoms with Gasteiger partial charge in [0, 0.05) is 24.6 Å². The highest BCUT2D eigenvalue weighted by Gasteiger charge is 2.43. The van der Waals surface area contributed by atoms with Crippen molar-refractivity contribution in [3.8, 4) is 0 Å². The van der Waals surface area contributed by atoms with Gasteiger partial charge >= 0.3 is 0 Å². The molecule has 0 spiro atoms. The number of nitrogens with zero attached hydrogens (tertiary/aromatic N) is 2. The first kappa shape index (κ1) is 13.4. The van der Waals surface area contributed by atoms with Crippen LogP contribution >= 0.6 is 0 Å². The molecule has 2 aliphatic rings. The number of benzene rings is 1. The maximum absolute atomic E-state index is 4.61. The molecule has 1 aromatic rings. The van der Waals surface area contributed by atoms with Gasteiger partial charge in [-0.2, -0.15) is 5.10 Å². The molecule has 106 valence electrons. The zero-order valence-corrected chi connectivity index (χ0v) is 12.8. The first-order valence-electron chi connectivity index (χ1n) is 7.56. The van der Waals surface area contributed by atoms with Crippen LogP contribution in [-0.4, -0.2) is 23.3 Å². The molecule has 2 heteroatoms. The minimum Gasteiger partial charge on any atom is -0.291 e. The molecule has 0 amide bonds. The van der Waals surface area contributed by atoms with Gasteiger partial charge in [-0.3, -0.25) is 5.01 Å². The molecule has 0 saturated carbocycles. The summed E-state index contributed by atoms with van der Waals surface area (Å²) in [6.07, 6.45) is 7.84. The van der Waals surface area contributed by atoms with Gasteiger partial charge in [0.25, 0.3) is 0 Å². The normalized spacial score (nSPS) is 33.4. The van der Waals surface area contributed by atoms with Crippen molar-refractivity contribution in [1.82, 2.24) is 5.01 Å². The molecule has 0 fully saturated rings. The Morgan fingerprint density at radius 2 is 1.90 bits per heavy atom. The van der Waals surface area contributed by atoms with Crippen LogP contribution in [0, 0.1) is 0 Å². The molecule has 1 aromatic carbocycles. The maximum atomic E-state index is 4.61. The Bertz CT molecular complexity index is 546. The van der Waals surface area contributed by atoms with Gasteiger partial charge in [0.15, 0.2) is 0 Å². The summed E-state index contributed by atoms with van der Waals surface area (Å²) in [5.41, 5.74) is 3.13. The summed E-state index contributed by atoms with van der Waals surface area (Å²) in [6, 6.07) is 10.9. The van der Waals surface area contributed by atoms with E-state index in [-0.39, 0.29) is 11.0 Å². The van der Waals surface area contributed by atoms with Crippen LogP contribution in [0.1, 0.15) is 45.6 Å². The Morgan fingerprint density at radius 1 is 1.15 bits per heavy atom. The summed E-state index contributed by atoms with van der Waals surface area (Å²) in [6.45, 7) is 8.06. The summed E-state index contributed by atoms with van der Waals surface area (Å²) in [5.74, 6) is 0. The fourth-order valence-electron chi connectivity index (χ4n) is 4.09. The van der Waals surface area contributed by atoms with Crippen molar-refractivity contribution >= 4 is 6.21 Å². The average molecular weight is 268 g/mol. The lowest BCUT2D eigenvalue weighted by atomic mass is 9.66. The minimum absolute atomic E-state index is 0.108. The van der Waals surface area contributed by atoms with E-state index in [4.69, 9.17) is 0 Å². The summed E-state index contributed by atoms with van der Waals surface area (Å²) in [4.78, 5) is 0. The van der Waals surface area contributed by atoms with E-state index in [9.17, 15) is 0 Å². The van der Waals surface area contributed by atoms with E-state index >= 15 is 0 Å². The lowest BCUT2D eigenvalue weighted by Gasteiger charge is -2.47. The first-order chi connectivity index (χ1) is 9.52. The second-order valence-electron chi connectivity index (χ2n) is 6.83. The van der Waals surface area contributed by atoms with E-state index in [0.29, 0.717) is 0 Å². The highest BCUT2D eigenvalue weighted by molar-refractivity contribution is 5.59. The zero-order chi connectivity index (χ0) is 14.2. The SMILES string of the molecule is CC1=CC(C)(c2ccccc2)CC(C)(N2CCC=N2)C1. The molecule has 2 atom stereocenters. The van der Waals surface area contributed by atoms with E-state index in [1.165, 1.54) is 11.1 Å². The molecule has 20 heavy (non-hydrogen) atoms. The second-order valence-corrected chi connectivity index (χ2v) is 6.83. The van der Waals surface area contributed by atoms with Crippen LogP contribution in [0.25, 0.3) is 0 Å². The molecular weight excluding hydrogens is 244 g/mol. The molecule has 1 aliphatic carbocycles. The molecule has 0 bridgehead atoms. The summed E-state index contributed by atoms with van der Waals surface area (Å²) >= 11 is 0. The fourth-order valence-corrected chi connectivity index (χ4v) is 4.09. The van der Waals surface area contributed by atoms with Gasteiger partial charge in [-0.25, -0.2) is 0 Å². The molecule has 2 unspecified atom stereocenters. The van der Waals surface area contributed by atoms with Crippen LogP contribution in [-0.2, 0) is 5.41 Å². The van der Waals surface area contributed by atoms with E-state index in [1.54, 1.807) is 0 Å². The van der Waals surface area contributed by atoms with Crippen LogP contribution in [0.5, 0.6) is 0 Å². The third kappa shape index (κ3) is 2.28. The highest BCUT2D eigenvalue weighted by Crippen LogP contribution is 2.45. The van der Waals surface area contributed by atoms with Gasteiger partial charge in [0.1, 0.15) is 0 Å². The van der Waals surface area contributed by atoms with Crippen molar-refractivity contribution in [1.29, 1.82) is 0 Å². The topological polar surface area (TPSA) is 15.6 Å². The molecule has 2 nitrogen and oxygen atoms in total. The number of allylic oxidation sites excluding steroid dienone is 1. The molecular formula is C18H24N2. The number of hydrogen-bond donors (Lipinski definition) is 0. The average Bonchev–Trinajstić information content (AvgIpc) is 2.93. The van der Waals surface area contributed by atoms with Crippen LogP contribution in [0.3, 0.4) is 0 Å². The predicted octanol–water partition coefficient (Wildman–Crippen LogP) is 4.13. The number of rotatable bonds is 2. The predicted molar refractivity (Wildman–Crippen MR) is 85.0 cm³/mol. The van der Waals surface area contributed by atoms with Crippen molar-refractivity contribution in [2.24, 2.45) is 5.10 Å². The lowest BCUT2D eigenvalue weighted by molar-refractivity contribution is 0.0871. The largest absolute Gasteiger partial charge is 0.291 e. The number of hydrogen-bond acceptors (Lipinski definition) is 2. The van der Waals surface area contributed by atoms with Crippen molar-refractivity contribution in [2.75, 3.05) is 6.54 Å². The smallest absolute Gasteiger partial charge is 0.0599 e. The Kier molecular flexibility index (Phi) is 3.19. The monoisotopic (exact) mass is 268 g/mol. The molecule has 0 radical (unpaired) electrons. The van der Waals surface area contributed by atoms with Crippen LogP contribution < -0.4 is 0 Å². The lowest BCUT2D eigenvalue weighted by Crippen LogP contribution is -2.49. The first-order valence-corrected chi connectivity index (χ1v) is 7.56. The van der Waals surface area contributed by atoms with E-state index in [1.807, 2.05) is 0 Å². The Morgan fingerprint density at radius 3 is 2.55 bits per heavy atom. The minimum atomic E-state index is 0.108. The van der Waals surface area contributed by atoms with Crippen molar-refractivity contribution in [3.05, 3.63) is 47.5 Å². The van der Waals surface area contributed by atoms with Gasteiger partial charge in [0.2, 0.25) is 0 Å². The van der Waals surface area contributed by atoms with Crippen LogP contribution in [0.2, 0.25) is 0 Å². The Balaban J connectivity index is 1.97. The summed E-state index contributed by atoms with van der Waals surface area (Å²) < 4.78 is 0. The molecule has 1 heterocycles. The fraction of sp³-hybridized carbons (Fsp3) is 0.500. The van der Waals surface area contributed by atoms with Crippen molar-refractivity contribution in [3.63, 3.8) is 0 Å². The Hall–Kier alpha value is -1.57. The van der Waals surface area contributed by atoms with Gasteiger partial charge in [0.05, 0.1) is 5.54 Å². The van der Waals surface area contributed by atoms with Gasteiger partial charge in [-0.1, -0.05) is 48.9 Å². The van der Waals surface area contributed by atoms with E-state index in [2.05, 4.69) is 73.5 Å². The quantitative estimate of drug-likeness (QED) is 0.736. The Labute approximate surface area is 122 Å². The third-order valence-electron chi connectivity index (χ3n) is 4.72. The maximum Gasteiger partial charge on any atom is 0.0599 e. The molecule has 0 N–H and O–H groups in total. The van der Waals surface area contributed by atoms with Crippen molar-refractivity contribution in [2.45, 2.75) is 51.0 Å². The zero-order valence-electron chi connectivity index (χ0n) is 12.8. The van der Waals surface area contributed by atoms with Crippen LogP contribution in [0.15, 0.2) is 47.1 Å². The molecule has 0 saturated heterocycles. The third-order valence-corrected chi connectivity index (χ3v) is 4.72. The summed E-state index contributed by atoms with van der Waals surface area (Å²) in [7, 11) is 0. The second kappa shape index (κ2) is 4.76. The molecule has 0 aromatic heterocycles. The molecule has 3 rings (SSSR count). The van der Waals surface area contributed by atoms with Crippen molar-refractivity contribution < 1.29 is 0 Å². The van der Waals surface area contributed by atoms with Crippen LogP contribution in [0.4, 0.5) is 0 Å². The van der Waals surface area contributed by atoms with Gasteiger partial charge in [-0.05, 0) is 32.3 Å². The molecule has 1 aliphatic heterocycles. The van der Waals surface area contributed by atoms with E-state index < -0.39 is 0 Å². The summed E-state index contributed by atoms with van der Waals surface area (Å²) in [5, 5.41) is 6.92. The highest BCUT2D eigenvalue weighted by atomic mass is 15.5. The van der Waals surface area contributed by atoms with Gasteiger partial charge in [-0.15, -0.1) is 0 Å².